The van der Waals surface area contributed by atoms with E-state index in [1.165, 1.54) is 24.3 Å². The van der Waals surface area contributed by atoms with Crippen molar-refractivity contribution in [1.29, 1.82) is 0 Å². The molecule has 0 aromatic heterocycles. The molecule has 0 fully saturated rings. The Kier molecular flexibility index (Phi) is 7.22. The van der Waals surface area contributed by atoms with Crippen molar-refractivity contribution < 1.29 is 24.0 Å². The van der Waals surface area contributed by atoms with E-state index in [9.17, 15) is 19.7 Å². The zero-order chi connectivity index (χ0) is 20.6. The summed E-state index contributed by atoms with van der Waals surface area (Å²) >= 11 is 0. The van der Waals surface area contributed by atoms with Crippen LogP contribution in [0.4, 0.5) is 5.69 Å². The summed E-state index contributed by atoms with van der Waals surface area (Å²) < 4.78 is 10.4. The summed E-state index contributed by atoms with van der Waals surface area (Å²) in [6.45, 7) is 1.88. The minimum atomic E-state index is -1.97. The first-order valence-electron chi connectivity index (χ1n) is 8.83. The second-order valence-electron chi connectivity index (χ2n) is 6.28. The van der Waals surface area contributed by atoms with Crippen molar-refractivity contribution in [3.05, 3.63) is 70.3 Å². The highest BCUT2D eigenvalue weighted by Gasteiger charge is 2.45. The Labute approximate surface area is 162 Å². The van der Waals surface area contributed by atoms with Gasteiger partial charge >= 0.3 is 11.9 Å². The Morgan fingerprint density at radius 3 is 2.29 bits per heavy atom. The molecule has 0 heterocycles. The summed E-state index contributed by atoms with van der Waals surface area (Å²) in [6.07, 6.45) is 1.30. The van der Waals surface area contributed by atoms with Gasteiger partial charge in [-0.05, 0) is 24.1 Å². The predicted octanol–water partition coefficient (Wildman–Crippen LogP) is 3.13. The number of nitrogens with two attached hydrogens (primary N) is 1. The third kappa shape index (κ3) is 5.37. The number of nitrogens with zero attached hydrogens (tertiary/aromatic N) is 1. The molecular weight excluding hydrogens is 364 g/mol. The number of rotatable bonds is 9. The number of nitro benzene ring substituents is 1. The summed E-state index contributed by atoms with van der Waals surface area (Å²) in [5.74, 6) is -1.79. The topological polar surface area (TPSA) is 122 Å². The quantitative estimate of drug-likeness (QED) is 0.231. The molecule has 2 N–H and O–H groups in total. The van der Waals surface area contributed by atoms with Crippen molar-refractivity contribution in [3.8, 4) is 5.75 Å². The maximum absolute atomic E-state index is 12.6. The first-order valence-corrected chi connectivity index (χ1v) is 8.83. The van der Waals surface area contributed by atoms with Gasteiger partial charge in [0, 0.05) is 12.1 Å². The van der Waals surface area contributed by atoms with Crippen molar-refractivity contribution in [2.45, 2.75) is 38.3 Å². The lowest BCUT2D eigenvalue weighted by Gasteiger charge is -2.25. The number of benzene rings is 2. The van der Waals surface area contributed by atoms with Gasteiger partial charge in [-0.25, -0.2) is 9.59 Å². The molecule has 28 heavy (non-hydrogen) atoms. The van der Waals surface area contributed by atoms with E-state index >= 15 is 0 Å². The summed E-state index contributed by atoms with van der Waals surface area (Å²) in [5, 5.41) is 10.7. The van der Waals surface area contributed by atoms with Crippen LogP contribution in [0.2, 0.25) is 0 Å². The summed E-state index contributed by atoms with van der Waals surface area (Å²) in [6, 6.07) is 13.9. The number of unbranched alkanes of at least 4 members (excludes halogenated alkanes) is 1. The fourth-order valence-electron chi connectivity index (χ4n) is 2.43. The van der Waals surface area contributed by atoms with E-state index < -0.39 is 22.4 Å². The molecule has 0 aliphatic carbocycles. The summed E-state index contributed by atoms with van der Waals surface area (Å²) in [4.78, 5) is 35.4. The normalized spacial score (nSPS) is 12.6. The average molecular weight is 386 g/mol. The van der Waals surface area contributed by atoms with Crippen LogP contribution in [0.25, 0.3) is 0 Å². The highest BCUT2D eigenvalue weighted by Crippen LogP contribution is 2.22. The average Bonchev–Trinajstić information content (AvgIpc) is 2.71. The SMILES string of the molecule is CCCCC(N)(C(=O)OCc1ccccc1)C(=O)Oc1ccc([N+](=O)[O-])cc1. The molecule has 0 amide bonds. The molecule has 0 aliphatic heterocycles. The number of nitro groups is 1. The first-order chi connectivity index (χ1) is 13.4. The van der Waals surface area contributed by atoms with Crippen molar-refractivity contribution >= 4 is 17.6 Å². The molecule has 8 heteroatoms. The van der Waals surface area contributed by atoms with Gasteiger partial charge in [-0.2, -0.15) is 0 Å². The second-order valence-corrected chi connectivity index (χ2v) is 6.28. The van der Waals surface area contributed by atoms with Crippen molar-refractivity contribution in [2.24, 2.45) is 5.73 Å². The van der Waals surface area contributed by atoms with E-state index in [0.717, 1.165) is 12.0 Å². The molecule has 1 unspecified atom stereocenters. The van der Waals surface area contributed by atoms with Crippen LogP contribution in [0.1, 0.15) is 31.7 Å². The number of non-ortho nitro benzene ring substituents is 1. The van der Waals surface area contributed by atoms with E-state index in [1.807, 2.05) is 13.0 Å². The fourth-order valence-corrected chi connectivity index (χ4v) is 2.43. The highest BCUT2D eigenvalue weighted by molar-refractivity contribution is 6.05. The van der Waals surface area contributed by atoms with Gasteiger partial charge in [0.25, 0.3) is 5.69 Å². The molecule has 1 atom stereocenters. The van der Waals surface area contributed by atoms with Crippen LogP contribution in [0.15, 0.2) is 54.6 Å². The van der Waals surface area contributed by atoms with E-state index in [0.29, 0.717) is 6.42 Å². The van der Waals surface area contributed by atoms with Crippen LogP contribution in [0, 0.1) is 10.1 Å². The number of carbonyl (C=O) groups is 2. The molecule has 0 saturated heterocycles. The molecule has 2 aromatic rings. The van der Waals surface area contributed by atoms with Crippen LogP contribution in [-0.2, 0) is 20.9 Å². The molecule has 2 rings (SSSR count). The molecule has 148 valence electrons. The van der Waals surface area contributed by atoms with Gasteiger partial charge in [0.2, 0.25) is 5.54 Å². The van der Waals surface area contributed by atoms with Gasteiger partial charge in [0.1, 0.15) is 12.4 Å². The van der Waals surface area contributed by atoms with Gasteiger partial charge in [-0.3, -0.25) is 10.1 Å². The third-order valence-corrected chi connectivity index (χ3v) is 4.12. The second kappa shape index (κ2) is 9.61. The number of hydrogen-bond acceptors (Lipinski definition) is 7. The molecule has 8 nitrogen and oxygen atoms in total. The minimum Gasteiger partial charge on any atom is -0.459 e. The smallest absolute Gasteiger partial charge is 0.343 e. The van der Waals surface area contributed by atoms with Gasteiger partial charge in [-0.15, -0.1) is 0 Å². The number of ether oxygens (including phenoxy) is 2. The zero-order valence-electron chi connectivity index (χ0n) is 15.5. The maximum Gasteiger partial charge on any atom is 0.343 e. The van der Waals surface area contributed by atoms with E-state index in [1.54, 1.807) is 24.3 Å². The van der Waals surface area contributed by atoms with E-state index in [2.05, 4.69) is 0 Å². The Hall–Kier alpha value is -3.26. The summed E-state index contributed by atoms with van der Waals surface area (Å²) in [5.41, 5.74) is 4.75. The lowest BCUT2D eigenvalue weighted by molar-refractivity contribution is -0.384. The molecule has 0 radical (unpaired) electrons. The lowest BCUT2D eigenvalue weighted by Crippen LogP contribution is -2.57. The van der Waals surface area contributed by atoms with Crippen LogP contribution < -0.4 is 10.5 Å². The minimum absolute atomic E-state index is 0.0183. The zero-order valence-corrected chi connectivity index (χ0v) is 15.5. The van der Waals surface area contributed by atoms with Crippen molar-refractivity contribution in [3.63, 3.8) is 0 Å². The number of hydrogen-bond donors (Lipinski definition) is 1. The maximum atomic E-state index is 12.6. The predicted molar refractivity (Wildman–Crippen MR) is 101 cm³/mol. The van der Waals surface area contributed by atoms with E-state index in [4.69, 9.17) is 15.2 Å². The van der Waals surface area contributed by atoms with Crippen LogP contribution in [-0.4, -0.2) is 22.4 Å². The van der Waals surface area contributed by atoms with Gasteiger partial charge in [-0.1, -0.05) is 50.1 Å². The van der Waals surface area contributed by atoms with Crippen LogP contribution in [0.5, 0.6) is 5.75 Å². The molecule has 0 aliphatic rings. The monoisotopic (exact) mass is 386 g/mol. The summed E-state index contributed by atoms with van der Waals surface area (Å²) in [7, 11) is 0. The molecule has 0 saturated carbocycles. The molecule has 0 spiro atoms. The van der Waals surface area contributed by atoms with Crippen molar-refractivity contribution in [1.82, 2.24) is 0 Å². The molecule has 0 bridgehead atoms. The van der Waals surface area contributed by atoms with Gasteiger partial charge in [0.15, 0.2) is 0 Å². The van der Waals surface area contributed by atoms with Crippen molar-refractivity contribution in [2.75, 3.05) is 0 Å². The number of esters is 2. The molecular formula is C20H22N2O6. The Bertz CT molecular complexity index is 822. The fraction of sp³-hybridized carbons (Fsp3) is 0.300. The van der Waals surface area contributed by atoms with Gasteiger partial charge < -0.3 is 15.2 Å². The highest BCUT2D eigenvalue weighted by atomic mass is 16.6. The number of carbonyl (C=O) groups excluding carboxylic acids is 2. The van der Waals surface area contributed by atoms with E-state index in [-0.39, 0.29) is 24.5 Å². The van der Waals surface area contributed by atoms with Crippen LogP contribution >= 0.6 is 0 Å². The first kappa shape index (κ1) is 21.0. The Balaban J connectivity index is 2.11. The lowest BCUT2D eigenvalue weighted by atomic mass is 9.94. The third-order valence-electron chi connectivity index (χ3n) is 4.12. The largest absolute Gasteiger partial charge is 0.459 e. The Morgan fingerprint density at radius 2 is 1.71 bits per heavy atom. The molecule has 2 aromatic carbocycles. The standard InChI is InChI=1S/C20H22N2O6/c1-2-3-13-20(21,18(23)27-14-15-7-5-4-6-8-15)19(24)28-17-11-9-16(10-12-17)22(25)26/h4-12H,2-3,13-14,21H2,1H3. The van der Waals surface area contributed by atoms with Gasteiger partial charge in [0.05, 0.1) is 4.92 Å². The van der Waals surface area contributed by atoms with Crippen LogP contribution in [0.3, 0.4) is 0 Å². The Morgan fingerprint density at radius 1 is 1.07 bits per heavy atom.